The Morgan fingerprint density at radius 3 is 2.85 bits per heavy atom. The van der Waals surface area contributed by atoms with Gasteiger partial charge < -0.3 is 15.8 Å². The van der Waals surface area contributed by atoms with Crippen LogP contribution in [-0.4, -0.2) is 30.5 Å². The minimum atomic E-state index is -0.578. The van der Waals surface area contributed by atoms with Gasteiger partial charge in [0.15, 0.2) is 5.75 Å². The van der Waals surface area contributed by atoms with Crippen molar-refractivity contribution in [3.63, 3.8) is 0 Å². The number of nitrogens with two attached hydrogens (primary N) is 1. The fourth-order valence-corrected chi connectivity index (χ4v) is 1.98. The van der Waals surface area contributed by atoms with Crippen molar-refractivity contribution in [2.24, 2.45) is 11.7 Å². The zero-order valence-electron chi connectivity index (χ0n) is 11.2. The van der Waals surface area contributed by atoms with Gasteiger partial charge in [-0.05, 0) is 30.9 Å². The Hall–Kier alpha value is -2.15. The summed E-state index contributed by atoms with van der Waals surface area (Å²) in [5, 5.41) is 13.6. The van der Waals surface area contributed by atoms with Crippen molar-refractivity contribution >= 4 is 11.6 Å². The molecule has 2 rings (SSSR count). The van der Waals surface area contributed by atoms with E-state index in [0.29, 0.717) is 12.5 Å². The molecular formula is C13H17N3O4. The molecule has 3 N–H and O–H groups in total. The number of carbonyl (C=O) groups excluding carboxylic acids is 1. The van der Waals surface area contributed by atoms with E-state index in [1.807, 2.05) is 0 Å². The van der Waals surface area contributed by atoms with Crippen molar-refractivity contribution in [2.75, 3.05) is 13.7 Å². The molecule has 0 aromatic heterocycles. The molecular weight excluding hydrogens is 262 g/mol. The molecule has 0 radical (unpaired) electrons. The van der Waals surface area contributed by atoms with Crippen LogP contribution in [0, 0.1) is 16.0 Å². The van der Waals surface area contributed by atoms with Crippen LogP contribution >= 0.6 is 0 Å². The Bertz CT molecular complexity index is 528. The Morgan fingerprint density at radius 1 is 1.60 bits per heavy atom. The Labute approximate surface area is 116 Å². The largest absolute Gasteiger partial charge is 0.490 e. The lowest BCUT2D eigenvalue weighted by atomic mass is 10.1. The molecule has 1 unspecified atom stereocenters. The summed E-state index contributed by atoms with van der Waals surface area (Å²) in [6, 6.07) is 4.06. The Kier molecular flexibility index (Phi) is 4.19. The number of rotatable bonds is 6. The van der Waals surface area contributed by atoms with E-state index in [0.717, 1.165) is 12.8 Å². The first-order chi connectivity index (χ1) is 9.52. The third-order valence-electron chi connectivity index (χ3n) is 3.36. The molecule has 0 spiro atoms. The van der Waals surface area contributed by atoms with Gasteiger partial charge in [-0.2, -0.15) is 0 Å². The number of amides is 1. The summed E-state index contributed by atoms with van der Waals surface area (Å²) in [6.45, 7) is 0.378. The van der Waals surface area contributed by atoms with Gasteiger partial charge in [0.1, 0.15) is 0 Å². The molecule has 108 valence electrons. The van der Waals surface area contributed by atoms with Gasteiger partial charge in [0.2, 0.25) is 0 Å². The summed E-state index contributed by atoms with van der Waals surface area (Å²) in [7, 11) is 1.34. The highest BCUT2D eigenvalue weighted by Crippen LogP contribution is 2.31. The van der Waals surface area contributed by atoms with Gasteiger partial charge in [-0.15, -0.1) is 0 Å². The minimum Gasteiger partial charge on any atom is -0.490 e. The van der Waals surface area contributed by atoms with E-state index in [2.05, 4.69) is 5.32 Å². The molecule has 0 aliphatic heterocycles. The maximum atomic E-state index is 11.9. The van der Waals surface area contributed by atoms with Gasteiger partial charge in [-0.25, -0.2) is 0 Å². The first-order valence-corrected chi connectivity index (χ1v) is 6.39. The third kappa shape index (κ3) is 3.24. The number of hydrogen-bond acceptors (Lipinski definition) is 5. The van der Waals surface area contributed by atoms with E-state index in [9.17, 15) is 14.9 Å². The summed E-state index contributed by atoms with van der Waals surface area (Å²) in [6.07, 6.45) is 2.20. The maximum Gasteiger partial charge on any atom is 0.311 e. The van der Waals surface area contributed by atoms with Crippen molar-refractivity contribution in [1.82, 2.24) is 5.32 Å². The molecule has 1 amide bonds. The highest BCUT2D eigenvalue weighted by molar-refractivity contribution is 5.95. The van der Waals surface area contributed by atoms with Crippen LogP contribution < -0.4 is 15.8 Å². The summed E-state index contributed by atoms with van der Waals surface area (Å²) in [4.78, 5) is 22.3. The van der Waals surface area contributed by atoms with Crippen LogP contribution in [0.3, 0.4) is 0 Å². The molecule has 0 saturated heterocycles. The number of nitrogens with one attached hydrogen (secondary N) is 1. The number of hydrogen-bond donors (Lipinski definition) is 2. The lowest BCUT2D eigenvalue weighted by Crippen LogP contribution is -2.38. The van der Waals surface area contributed by atoms with Crippen LogP contribution in [0.1, 0.15) is 23.2 Å². The quantitative estimate of drug-likeness (QED) is 0.598. The highest BCUT2D eigenvalue weighted by Gasteiger charge is 2.28. The molecule has 1 fully saturated rings. The molecule has 1 saturated carbocycles. The molecule has 1 atom stereocenters. The van der Waals surface area contributed by atoms with Crippen LogP contribution in [0.4, 0.5) is 5.69 Å². The van der Waals surface area contributed by atoms with E-state index in [1.165, 1.54) is 25.3 Å². The van der Waals surface area contributed by atoms with Crippen LogP contribution in [-0.2, 0) is 0 Å². The van der Waals surface area contributed by atoms with Gasteiger partial charge in [-0.1, -0.05) is 0 Å². The first-order valence-electron chi connectivity index (χ1n) is 6.39. The molecule has 1 aromatic rings. The monoisotopic (exact) mass is 279 g/mol. The summed E-state index contributed by atoms with van der Waals surface area (Å²) >= 11 is 0. The van der Waals surface area contributed by atoms with Gasteiger partial charge in [0.05, 0.1) is 12.0 Å². The maximum absolute atomic E-state index is 11.9. The van der Waals surface area contributed by atoms with Crippen LogP contribution in [0.2, 0.25) is 0 Å². The van der Waals surface area contributed by atoms with Crippen LogP contribution in [0.15, 0.2) is 18.2 Å². The Balaban J connectivity index is 2.05. The number of methoxy groups -OCH3 is 1. The SMILES string of the molecule is COc1ccc(C(=O)NCC(N)C2CC2)cc1[N+](=O)[O-]. The van der Waals surface area contributed by atoms with E-state index < -0.39 is 4.92 Å². The average molecular weight is 279 g/mol. The van der Waals surface area contributed by atoms with E-state index in [-0.39, 0.29) is 28.9 Å². The number of ether oxygens (including phenoxy) is 1. The summed E-state index contributed by atoms with van der Waals surface area (Å²) in [5.41, 5.74) is 5.88. The van der Waals surface area contributed by atoms with Crippen LogP contribution in [0.25, 0.3) is 0 Å². The lowest BCUT2D eigenvalue weighted by molar-refractivity contribution is -0.385. The normalized spacial score (nSPS) is 15.5. The second-order valence-electron chi connectivity index (χ2n) is 4.86. The molecule has 20 heavy (non-hydrogen) atoms. The average Bonchev–Trinajstić information content (AvgIpc) is 3.28. The smallest absolute Gasteiger partial charge is 0.311 e. The fraction of sp³-hybridized carbons (Fsp3) is 0.462. The van der Waals surface area contributed by atoms with Gasteiger partial charge in [0.25, 0.3) is 5.91 Å². The fourth-order valence-electron chi connectivity index (χ4n) is 1.98. The first kappa shape index (κ1) is 14.3. The number of benzene rings is 1. The van der Waals surface area contributed by atoms with E-state index in [1.54, 1.807) is 0 Å². The second kappa shape index (κ2) is 5.87. The summed E-state index contributed by atoms with van der Waals surface area (Å²) < 4.78 is 4.89. The number of nitro benzene ring substituents is 1. The van der Waals surface area contributed by atoms with Crippen molar-refractivity contribution in [3.8, 4) is 5.75 Å². The van der Waals surface area contributed by atoms with Crippen molar-refractivity contribution in [3.05, 3.63) is 33.9 Å². The molecule has 7 heteroatoms. The molecule has 7 nitrogen and oxygen atoms in total. The second-order valence-corrected chi connectivity index (χ2v) is 4.86. The Morgan fingerprint density at radius 2 is 2.30 bits per heavy atom. The number of nitrogens with zero attached hydrogens (tertiary/aromatic N) is 1. The standard InChI is InChI=1S/C13H17N3O4/c1-20-12-5-4-9(6-11(12)16(18)19)13(17)15-7-10(14)8-2-3-8/h4-6,8,10H,2-3,7,14H2,1H3,(H,15,17). The number of nitro groups is 1. The van der Waals surface area contributed by atoms with Crippen LogP contribution in [0.5, 0.6) is 5.75 Å². The molecule has 1 aliphatic carbocycles. The predicted octanol–water partition coefficient (Wildman–Crippen LogP) is 1.07. The predicted molar refractivity (Wildman–Crippen MR) is 72.7 cm³/mol. The number of carbonyl (C=O) groups is 1. The zero-order valence-corrected chi connectivity index (χ0v) is 11.2. The lowest BCUT2D eigenvalue weighted by Gasteiger charge is -2.11. The molecule has 1 aliphatic rings. The van der Waals surface area contributed by atoms with Gasteiger partial charge in [0, 0.05) is 24.2 Å². The summed E-state index contributed by atoms with van der Waals surface area (Å²) in [5.74, 6) is 0.244. The molecule has 1 aromatic carbocycles. The third-order valence-corrected chi connectivity index (χ3v) is 3.36. The zero-order chi connectivity index (χ0) is 14.7. The van der Waals surface area contributed by atoms with E-state index >= 15 is 0 Å². The van der Waals surface area contributed by atoms with Crippen molar-refractivity contribution < 1.29 is 14.5 Å². The van der Waals surface area contributed by atoms with Crippen molar-refractivity contribution in [1.29, 1.82) is 0 Å². The highest BCUT2D eigenvalue weighted by atomic mass is 16.6. The van der Waals surface area contributed by atoms with Crippen molar-refractivity contribution in [2.45, 2.75) is 18.9 Å². The molecule has 0 bridgehead atoms. The molecule has 0 heterocycles. The minimum absolute atomic E-state index is 0.0489. The van der Waals surface area contributed by atoms with E-state index in [4.69, 9.17) is 10.5 Å². The topological polar surface area (TPSA) is 107 Å². The van der Waals surface area contributed by atoms with Gasteiger partial charge in [-0.3, -0.25) is 14.9 Å². The van der Waals surface area contributed by atoms with Gasteiger partial charge >= 0.3 is 5.69 Å².